The molecule has 2 aliphatic heterocycles. The van der Waals surface area contributed by atoms with Crippen LogP contribution in [0.5, 0.6) is 0 Å². The summed E-state index contributed by atoms with van der Waals surface area (Å²) in [6.45, 7) is 9.25. The number of carbonyl (C=O) groups is 2. The van der Waals surface area contributed by atoms with Crippen molar-refractivity contribution in [3.05, 3.63) is 0 Å². The summed E-state index contributed by atoms with van der Waals surface area (Å²) in [6.07, 6.45) is -1.01. The van der Waals surface area contributed by atoms with Crippen molar-refractivity contribution in [1.82, 2.24) is 5.32 Å². The van der Waals surface area contributed by atoms with Crippen LogP contribution in [0.15, 0.2) is 0 Å². The van der Waals surface area contributed by atoms with Gasteiger partial charge in [-0.25, -0.2) is 9.59 Å². The zero-order valence-electron chi connectivity index (χ0n) is 13.1. The van der Waals surface area contributed by atoms with E-state index in [1.54, 1.807) is 34.6 Å². The van der Waals surface area contributed by atoms with Crippen LogP contribution < -0.4 is 5.32 Å². The minimum Gasteiger partial charge on any atom is -0.458 e. The molecule has 2 rings (SSSR count). The van der Waals surface area contributed by atoms with Gasteiger partial charge in [0.2, 0.25) is 0 Å². The summed E-state index contributed by atoms with van der Waals surface area (Å²) in [5.74, 6) is -1.15. The molecule has 0 radical (unpaired) electrons. The maximum Gasteiger partial charge on any atom is 0.408 e. The quantitative estimate of drug-likeness (QED) is 0.775. The third-order valence-corrected chi connectivity index (χ3v) is 3.16. The number of nitrogens with one attached hydrogen (secondary N) is 1. The lowest BCUT2D eigenvalue weighted by molar-refractivity contribution is -0.162. The highest BCUT2D eigenvalue weighted by Gasteiger charge is 2.45. The maximum absolute atomic E-state index is 11.8. The molecular formula is C14H23NO6. The van der Waals surface area contributed by atoms with Crippen molar-refractivity contribution in [2.24, 2.45) is 0 Å². The second-order valence-corrected chi connectivity index (χ2v) is 6.78. The molecule has 0 unspecified atom stereocenters. The molecule has 120 valence electrons. The van der Waals surface area contributed by atoms with E-state index in [4.69, 9.17) is 18.9 Å². The smallest absolute Gasteiger partial charge is 0.408 e. The molecule has 2 heterocycles. The van der Waals surface area contributed by atoms with Gasteiger partial charge in [0.1, 0.15) is 23.9 Å². The van der Waals surface area contributed by atoms with E-state index in [0.29, 0.717) is 13.0 Å². The van der Waals surface area contributed by atoms with Crippen molar-refractivity contribution in [2.75, 3.05) is 6.61 Å². The molecule has 0 aromatic carbocycles. The number of amides is 1. The van der Waals surface area contributed by atoms with E-state index in [-0.39, 0.29) is 6.10 Å². The van der Waals surface area contributed by atoms with E-state index in [0.717, 1.165) is 0 Å². The molecule has 0 bridgehead atoms. The summed E-state index contributed by atoms with van der Waals surface area (Å²) in [7, 11) is 0. The van der Waals surface area contributed by atoms with E-state index < -0.39 is 35.6 Å². The highest BCUT2D eigenvalue weighted by molar-refractivity contribution is 5.83. The highest BCUT2D eigenvalue weighted by Crippen LogP contribution is 2.30. The SMILES string of the molecule is CC(C)(C)OC(=O)N[C@@H]1C[C@H]([C@H]2COC(C)(C)O2)OC1=O. The topological polar surface area (TPSA) is 83.1 Å². The first-order valence-corrected chi connectivity index (χ1v) is 7.07. The van der Waals surface area contributed by atoms with Crippen LogP contribution in [0.4, 0.5) is 4.79 Å². The summed E-state index contributed by atoms with van der Waals surface area (Å²) in [5.41, 5.74) is -0.613. The van der Waals surface area contributed by atoms with Crippen molar-refractivity contribution in [2.45, 2.75) is 70.7 Å². The number of hydrogen-bond donors (Lipinski definition) is 1. The van der Waals surface area contributed by atoms with Crippen LogP contribution >= 0.6 is 0 Å². The number of ether oxygens (including phenoxy) is 4. The monoisotopic (exact) mass is 301 g/mol. The van der Waals surface area contributed by atoms with E-state index in [2.05, 4.69) is 5.32 Å². The molecule has 2 saturated heterocycles. The van der Waals surface area contributed by atoms with Crippen LogP contribution in [0, 0.1) is 0 Å². The van der Waals surface area contributed by atoms with Crippen LogP contribution in [0.2, 0.25) is 0 Å². The van der Waals surface area contributed by atoms with Gasteiger partial charge in [-0.2, -0.15) is 0 Å². The van der Waals surface area contributed by atoms with Crippen LogP contribution in [0.1, 0.15) is 41.0 Å². The normalized spacial score (nSPS) is 31.9. The minimum absolute atomic E-state index is 0.311. The van der Waals surface area contributed by atoms with Crippen molar-refractivity contribution < 1.29 is 28.5 Å². The maximum atomic E-state index is 11.8. The Hall–Kier alpha value is -1.34. The lowest BCUT2D eigenvalue weighted by Crippen LogP contribution is -2.41. The Labute approximate surface area is 124 Å². The number of carbonyl (C=O) groups excluding carboxylic acids is 2. The average molecular weight is 301 g/mol. The molecule has 2 aliphatic rings. The van der Waals surface area contributed by atoms with Crippen molar-refractivity contribution in [1.29, 1.82) is 0 Å². The molecule has 0 aromatic heterocycles. The number of esters is 1. The van der Waals surface area contributed by atoms with Gasteiger partial charge in [0, 0.05) is 6.42 Å². The van der Waals surface area contributed by atoms with Gasteiger partial charge in [0.05, 0.1) is 6.61 Å². The molecule has 0 spiro atoms. The molecule has 2 fully saturated rings. The van der Waals surface area contributed by atoms with Crippen molar-refractivity contribution in [3.8, 4) is 0 Å². The fraction of sp³-hybridized carbons (Fsp3) is 0.857. The fourth-order valence-electron chi connectivity index (χ4n) is 2.30. The van der Waals surface area contributed by atoms with Gasteiger partial charge >= 0.3 is 12.1 Å². The molecule has 7 nitrogen and oxygen atoms in total. The van der Waals surface area contributed by atoms with Gasteiger partial charge in [-0.1, -0.05) is 0 Å². The van der Waals surface area contributed by atoms with Gasteiger partial charge in [0.25, 0.3) is 0 Å². The first-order valence-electron chi connectivity index (χ1n) is 7.07. The predicted molar refractivity (Wildman–Crippen MR) is 72.6 cm³/mol. The van der Waals surface area contributed by atoms with Gasteiger partial charge in [-0.05, 0) is 34.6 Å². The fourth-order valence-corrected chi connectivity index (χ4v) is 2.30. The first kappa shape index (κ1) is 16.0. The number of rotatable bonds is 2. The molecule has 1 N–H and O–H groups in total. The summed E-state index contributed by atoms with van der Waals surface area (Å²) in [4.78, 5) is 23.5. The Morgan fingerprint density at radius 1 is 1.33 bits per heavy atom. The van der Waals surface area contributed by atoms with E-state index >= 15 is 0 Å². The van der Waals surface area contributed by atoms with Crippen LogP contribution in [-0.4, -0.2) is 48.3 Å². The standard InChI is InChI=1S/C14H23NO6/c1-13(2,3)21-12(17)15-8-6-9(19-11(8)16)10-7-18-14(4,5)20-10/h8-10H,6-7H2,1-5H3,(H,15,17)/t8-,9-,10-/m1/s1. The zero-order valence-corrected chi connectivity index (χ0v) is 13.1. The van der Waals surface area contributed by atoms with Crippen LogP contribution in [0.25, 0.3) is 0 Å². The number of hydrogen-bond acceptors (Lipinski definition) is 6. The highest BCUT2D eigenvalue weighted by atomic mass is 16.8. The molecule has 21 heavy (non-hydrogen) atoms. The van der Waals surface area contributed by atoms with Crippen LogP contribution in [-0.2, 0) is 23.7 Å². The average Bonchev–Trinajstić information content (AvgIpc) is 2.80. The molecular weight excluding hydrogens is 278 g/mol. The lowest BCUT2D eigenvalue weighted by Gasteiger charge is -2.21. The largest absolute Gasteiger partial charge is 0.458 e. The molecule has 0 saturated carbocycles. The van der Waals surface area contributed by atoms with Gasteiger partial charge in [0.15, 0.2) is 5.79 Å². The van der Waals surface area contributed by atoms with Crippen molar-refractivity contribution in [3.63, 3.8) is 0 Å². The third-order valence-electron chi connectivity index (χ3n) is 3.16. The molecule has 0 aromatic rings. The van der Waals surface area contributed by atoms with E-state index in [1.165, 1.54) is 0 Å². The summed E-state index contributed by atoms with van der Waals surface area (Å²) >= 11 is 0. The summed E-state index contributed by atoms with van der Waals surface area (Å²) in [5, 5.41) is 2.53. The third kappa shape index (κ3) is 4.31. The van der Waals surface area contributed by atoms with Crippen LogP contribution in [0.3, 0.4) is 0 Å². The van der Waals surface area contributed by atoms with Gasteiger partial charge in [-0.3, -0.25) is 0 Å². The van der Waals surface area contributed by atoms with E-state index in [9.17, 15) is 9.59 Å². The number of alkyl carbamates (subject to hydrolysis) is 1. The predicted octanol–water partition coefficient (Wildman–Crippen LogP) is 1.35. The Kier molecular flexibility index (Phi) is 4.17. The molecule has 7 heteroatoms. The summed E-state index contributed by atoms with van der Waals surface area (Å²) < 4.78 is 21.5. The first-order chi connectivity index (χ1) is 9.56. The Balaban J connectivity index is 1.87. The number of cyclic esters (lactones) is 1. The molecule has 1 amide bonds. The Bertz CT molecular complexity index is 428. The molecule has 3 atom stereocenters. The Morgan fingerprint density at radius 3 is 2.52 bits per heavy atom. The van der Waals surface area contributed by atoms with Gasteiger partial charge < -0.3 is 24.3 Å². The lowest BCUT2D eigenvalue weighted by atomic mass is 10.1. The Morgan fingerprint density at radius 2 is 2.00 bits per heavy atom. The van der Waals surface area contributed by atoms with Gasteiger partial charge in [-0.15, -0.1) is 0 Å². The second-order valence-electron chi connectivity index (χ2n) is 6.78. The summed E-state index contributed by atoms with van der Waals surface area (Å²) in [6, 6.07) is -0.711. The zero-order chi connectivity index (χ0) is 15.8. The van der Waals surface area contributed by atoms with Crippen molar-refractivity contribution >= 4 is 12.1 Å². The second kappa shape index (κ2) is 5.46. The minimum atomic E-state index is -0.711. The molecule has 0 aliphatic carbocycles. The van der Waals surface area contributed by atoms with E-state index in [1.807, 2.05) is 0 Å².